The zero-order valence-electron chi connectivity index (χ0n) is 15.5. The van der Waals surface area contributed by atoms with Crippen LogP contribution in [0.5, 0.6) is 0 Å². The van der Waals surface area contributed by atoms with Crippen LogP contribution in [0.4, 0.5) is 0 Å². The Bertz CT molecular complexity index is 737. The third-order valence-electron chi connectivity index (χ3n) is 4.48. The quantitative estimate of drug-likeness (QED) is 0.798. The number of furan rings is 1. The number of hydrogen-bond donors (Lipinski definition) is 1. The van der Waals surface area contributed by atoms with Crippen molar-refractivity contribution in [3.05, 3.63) is 59.5 Å². The second-order valence-electron chi connectivity index (χ2n) is 6.62. The predicted molar refractivity (Wildman–Crippen MR) is 100 cm³/mol. The van der Waals surface area contributed by atoms with Gasteiger partial charge in [-0.25, -0.2) is 0 Å². The van der Waals surface area contributed by atoms with Gasteiger partial charge in [-0.1, -0.05) is 24.3 Å². The lowest BCUT2D eigenvalue weighted by atomic mass is 10.1. The summed E-state index contributed by atoms with van der Waals surface area (Å²) in [5.74, 6) is -0.307. The third kappa shape index (κ3) is 5.67. The van der Waals surface area contributed by atoms with E-state index in [0.29, 0.717) is 6.54 Å². The number of ether oxygens (including phenoxy) is 1. The highest BCUT2D eigenvalue weighted by molar-refractivity contribution is 5.94. The molecule has 0 spiro atoms. The predicted octanol–water partition coefficient (Wildman–Crippen LogP) is 1.50. The van der Waals surface area contributed by atoms with E-state index < -0.39 is 0 Å². The van der Waals surface area contributed by atoms with Crippen LogP contribution in [0.3, 0.4) is 0 Å². The molecule has 1 aliphatic heterocycles. The second-order valence-corrected chi connectivity index (χ2v) is 6.62. The monoisotopic (exact) mass is 371 g/mol. The lowest BCUT2D eigenvalue weighted by molar-refractivity contribution is -0.121. The van der Waals surface area contributed by atoms with Crippen LogP contribution in [0.25, 0.3) is 0 Å². The Balaban J connectivity index is 1.42. The number of carbonyl (C=O) groups is 2. The van der Waals surface area contributed by atoms with Crippen molar-refractivity contribution in [1.82, 2.24) is 15.1 Å². The van der Waals surface area contributed by atoms with Gasteiger partial charge in [0.2, 0.25) is 5.91 Å². The molecule has 0 atom stereocenters. The number of amides is 2. The topological polar surface area (TPSA) is 75.0 Å². The van der Waals surface area contributed by atoms with Crippen LogP contribution in [-0.2, 0) is 22.6 Å². The van der Waals surface area contributed by atoms with Crippen LogP contribution >= 0.6 is 0 Å². The molecule has 1 aromatic carbocycles. The fourth-order valence-electron chi connectivity index (χ4n) is 2.91. The van der Waals surface area contributed by atoms with Gasteiger partial charge in [-0.05, 0) is 23.3 Å². The molecule has 2 heterocycles. The minimum atomic E-state index is -0.317. The smallest absolute Gasteiger partial charge is 0.289 e. The SMILES string of the molecule is CN(CC(=O)NCc1ccc(CN2CCOCC2)cc1)C(=O)c1ccco1. The van der Waals surface area contributed by atoms with Gasteiger partial charge >= 0.3 is 0 Å². The number of morpholine rings is 1. The first-order valence-corrected chi connectivity index (χ1v) is 9.05. The van der Waals surface area contributed by atoms with Crippen molar-refractivity contribution in [3.8, 4) is 0 Å². The molecule has 1 fully saturated rings. The average molecular weight is 371 g/mol. The van der Waals surface area contributed by atoms with Crippen molar-refractivity contribution in [2.45, 2.75) is 13.1 Å². The van der Waals surface area contributed by atoms with Crippen molar-refractivity contribution in [3.63, 3.8) is 0 Å². The Morgan fingerprint density at radius 3 is 2.48 bits per heavy atom. The molecular formula is C20H25N3O4. The van der Waals surface area contributed by atoms with Gasteiger partial charge in [-0.15, -0.1) is 0 Å². The van der Waals surface area contributed by atoms with Gasteiger partial charge in [-0.2, -0.15) is 0 Å². The van der Waals surface area contributed by atoms with E-state index in [4.69, 9.17) is 9.15 Å². The van der Waals surface area contributed by atoms with Crippen LogP contribution in [-0.4, -0.2) is 61.5 Å². The number of benzene rings is 1. The van der Waals surface area contributed by atoms with E-state index in [9.17, 15) is 9.59 Å². The summed E-state index contributed by atoms with van der Waals surface area (Å²) in [6, 6.07) is 11.4. The molecule has 0 radical (unpaired) electrons. The molecule has 1 N–H and O–H groups in total. The molecule has 1 saturated heterocycles. The summed E-state index contributed by atoms with van der Waals surface area (Å²) in [7, 11) is 1.57. The molecule has 27 heavy (non-hydrogen) atoms. The Labute approximate surface area is 158 Å². The molecule has 0 aliphatic carbocycles. The number of likely N-dealkylation sites (N-methyl/N-ethyl adjacent to an activating group) is 1. The zero-order valence-corrected chi connectivity index (χ0v) is 15.5. The lowest BCUT2D eigenvalue weighted by Crippen LogP contribution is -2.38. The normalized spacial score (nSPS) is 14.7. The lowest BCUT2D eigenvalue weighted by Gasteiger charge is -2.26. The van der Waals surface area contributed by atoms with Gasteiger partial charge in [0.05, 0.1) is 26.0 Å². The van der Waals surface area contributed by atoms with Gasteiger partial charge in [0, 0.05) is 33.2 Å². The molecule has 1 aromatic heterocycles. The van der Waals surface area contributed by atoms with Gasteiger partial charge in [0.1, 0.15) is 0 Å². The standard InChI is InChI=1S/C20H25N3O4/c1-22(20(25)18-3-2-10-27-18)15-19(24)21-13-16-4-6-17(7-5-16)14-23-8-11-26-12-9-23/h2-7,10H,8-9,11-15H2,1H3,(H,21,24). The van der Waals surface area contributed by atoms with Crippen molar-refractivity contribution in [2.24, 2.45) is 0 Å². The highest BCUT2D eigenvalue weighted by Gasteiger charge is 2.17. The molecule has 144 valence electrons. The molecule has 3 rings (SSSR count). The van der Waals surface area contributed by atoms with E-state index in [-0.39, 0.29) is 24.1 Å². The highest BCUT2D eigenvalue weighted by Crippen LogP contribution is 2.09. The zero-order chi connectivity index (χ0) is 19.1. The van der Waals surface area contributed by atoms with E-state index >= 15 is 0 Å². The van der Waals surface area contributed by atoms with Crippen molar-refractivity contribution in [1.29, 1.82) is 0 Å². The minimum Gasteiger partial charge on any atom is -0.459 e. The fraction of sp³-hybridized carbons (Fsp3) is 0.400. The van der Waals surface area contributed by atoms with Crippen LogP contribution < -0.4 is 5.32 Å². The molecule has 0 unspecified atom stereocenters. The summed E-state index contributed by atoms with van der Waals surface area (Å²) < 4.78 is 10.4. The minimum absolute atomic E-state index is 0.0192. The third-order valence-corrected chi connectivity index (χ3v) is 4.48. The molecule has 0 saturated carbocycles. The first kappa shape index (κ1) is 19.1. The van der Waals surface area contributed by atoms with E-state index in [1.807, 2.05) is 12.1 Å². The van der Waals surface area contributed by atoms with Crippen molar-refractivity contribution < 1.29 is 18.7 Å². The number of carbonyl (C=O) groups excluding carboxylic acids is 2. The summed E-state index contributed by atoms with van der Waals surface area (Å²) in [6.07, 6.45) is 1.43. The largest absolute Gasteiger partial charge is 0.459 e. The molecule has 0 bridgehead atoms. The van der Waals surface area contributed by atoms with Gasteiger partial charge in [0.25, 0.3) is 5.91 Å². The van der Waals surface area contributed by atoms with Crippen molar-refractivity contribution in [2.75, 3.05) is 39.9 Å². The average Bonchev–Trinajstić information content (AvgIpc) is 3.22. The Morgan fingerprint density at radius 2 is 1.81 bits per heavy atom. The summed E-state index contributed by atoms with van der Waals surface area (Å²) >= 11 is 0. The van der Waals surface area contributed by atoms with E-state index in [0.717, 1.165) is 38.4 Å². The summed E-state index contributed by atoms with van der Waals surface area (Å²) in [6.45, 7) is 4.83. The maximum Gasteiger partial charge on any atom is 0.289 e. The van der Waals surface area contributed by atoms with Crippen molar-refractivity contribution >= 4 is 11.8 Å². The maximum absolute atomic E-state index is 12.1. The van der Waals surface area contributed by atoms with E-state index in [2.05, 4.69) is 22.3 Å². The maximum atomic E-state index is 12.1. The van der Waals surface area contributed by atoms with Gasteiger partial charge in [0.15, 0.2) is 5.76 Å². The number of nitrogens with zero attached hydrogens (tertiary/aromatic N) is 2. The molecule has 7 nitrogen and oxygen atoms in total. The first-order valence-electron chi connectivity index (χ1n) is 9.05. The van der Waals surface area contributed by atoms with Crippen LogP contribution in [0.2, 0.25) is 0 Å². The summed E-state index contributed by atoms with van der Waals surface area (Å²) in [5, 5.41) is 2.84. The fourth-order valence-corrected chi connectivity index (χ4v) is 2.91. The van der Waals surface area contributed by atoms with Gasteiger partial charge in [-0.3, -0.25) is 14.5 Å². The van der Waals surface area contributed by atoms with E-state index in [1.165, 1.54) is 16.7 Å². The Morgan fingerprint density at radius 1 is 1.11 bits per heavy atom. The van der Waals surface area contributed by atoms with Crippen LogP contribution in [0.1, 0.15) is 21.7 Å². The number of rotatable bonds is 7. The summed E-state index contributed by atoms with van der Waals surface area (Å²) in [4.78, 5) is 27.8. The molecule has 2 amide bonds. The van der Waals surface area contributed by atoms with Crippen LogP contribution in [0, 0.1) is 0 Å². The molecule has 7 heteroatoms. The Hall–Kier alpha value is -2.64. The molecular weight excluding hydrogens is 346 g/mol. The summed E-state index contributed by atoms with van der Waals surface area (Å²) in [5.41, 5.74) is 2.27. The Kier molecular flexibility index (Phi) is 6.62. The first-order chi connectivity index (χ1) is 13.1. The number of hydrogen-bond acceptors (Lipinski definition) is 5. The van der Waals surface area contributed by atoms with Crippen LogP contribution in [0.15, 0.2) is 47.1 Å². The highest BCUT2D eigenvalue weighted by atomic mass is 16.5. The van der Waals surface area contributed by atoms with Gasteiger partial charge < -0.3 is 19.4 Å². The molecule has 1 aliphatic rings. The second kappa shape index (κ2) is 9.34. The van der Waals surface area contributed by atoms with E-state index in [1.54, 1.807) is 19.2 Å². The molecule has 2 aromatic rings. The number of nitrogens with one attached hydrogen (secondary N) is 1.